The van der Waals surface area contributed by atoms with Crippen molar-refractivity contribution < 1.29 is 22.7 Å². The van der Waals surface area contributed by atoms with Crippen LogP contribution in [0.15, 0.2) is 77.7 Å². The standard InChI is InChI=1S/C24H25ClN2O5S/c1-18-8-6-7-11-22(18)32-15-14-26-24(28)17-27(19-12-13-23(31-2)21(25)16-19)33(29,30)20-9-4-3-5-10-20/h3-13,16H,14-15,17H2,1-2H3,(H,26,28). The Hall–Kier alpha value is -3.23. The molecule has 3 aromatic rings. The second-order valence-corrected chi connectivity index (χ2v) is 9.38. The molecule has 0 saturated heterocycles. The predicted molar refractivity (Wildman–Crippen MR) is 129 cm³/mol. The van der Waals surface area contributed by atoms with E-state index >= 15 is 0 Å². The van der Waals surface area contributed by atoms with Crippen LogP contribution in [0.1, 0.15) is 5.56 Å². The topological polar surface area (TPSA) is 84.9 Å². The van der Waals surface area contributed by atoms with Gasteiger partial charge in [-0.1, -0.05) is 48.0 Å². The maximum atomic E-state index is 13.3. The van der Waals surface area contributed by atoms with Gasteiger partial charge in [0.05, 0.1) is 29.3 Å². The van der Waals surface area contributed by atoms with Gasteiger partial charge in [0, 0.05) is 0 Å². The molecule has 3 rings (SSSR count). The fourth-order valence-corrected chi connectivity index (χ4v) is 4.79. The van der Waals surface area contributed by atoms with Crippen LogP contribution in [0, 0.1) is 6.92 Å². The van der Waals surface area contributed by atoms with Crippen molar-refractivity contribution >= 4 is 33.2 Å². The number of hydrogen-bond acceptors (Lipinski definition) is 5. The number of rotatable bonds is 10. The number of hydrogen-bond donors (Lipinski definition) is 1. The van der Waals surface area contributed by atoms with Gasteiger partial charge in [0.15, 0.2) is 0 Å². The molecule has 0 heterocycles. The van der Waals surface area contributed by atoms with Gasteiger partial charge >= 0.3 is 0 Å². The van der Waals surface area contributed by atoms with E-state index in [0.29, 0.717) is 5.75 Å². The molecule has 33 heavy (non-hydrogen) atoms. The Labute approximate surface area is 198 Å². The molecule has 9 heteroatoms. The summed E-state index contributed by atoms with van der Waals surface area (Å²) in [6.45, 7) is 1.97. The van der Waals surface area contributed by atoms with Gasteiger partial charge in [0.25, 0.3) is 10.0 Å². The van der Waals surface area contributed by atoms with Crippen LogP contribution in [0.3, 0.4) is 0 Å². The summed E-state index contributed by atoms with van der Waals surface area (Å²) < 4.78 is 38.5. The Kier molecular flexibility index (Phi) is 8.19. The first kappa shape index (κ1) is 24.4. The average molecular weight is 489 g/mol. The molecular formula is C24H25ClN2O5S. The van der Waals surface area contributed by atoms with E-state index in [-0.39, 0.29) is 28.8 Å². The number of aryl methyl sites for hydroxylation is 1. The van der Waals surface area contributed by atoms with Gasteiger partial charge in [-0.05, 0) is 48.9 Å². The highest BCUT2D eigenvalue weighted by atomic mass is 35.5. The smallest absolute Gasteiger partial charge is 0.264 e. The quantitative estimate of drug-likeness (QED) is 0.435. The molecule has 0 aliphatic heterocycles. The lowest BCUT2D eigenvalue weighted by atomic mass is 10.2. The zero-order valence-corrected chi connectivity index (χ0v) is 19.9. The highest BCUT2D eigenvalue weighted by Crippen LogP contribution is 2.31. The van der Waals surface area contributed by atoms with E-state index in [1.54, 1.807) is 30.3 Å². The van der Waals surface area contributed by atoms with Crippen molar-refractivity contribution in [2.45, 2.75) is 11.8 Å². The fourth-order valence-electron chi connectivity index (χ4n) is 3.10. The average Bonchev–Trinajstić information content (AvgIpc) is 2.81. The van der Waals surface area contributed by atoms with Gasteiger partial charge in [-0.3, -0.25) is 9.10 Å². The minimum Gasteiger partial charge on any atom is -0.495 e. The molecule has 0 unspecified atom stereocenters. The van der Waals surface area contributed by atoms with Gasteiger partial charge < -0.3 is 14.8 Å². The zero-order chi connectivity index (χ0) is 23.8. The number of nitrogens with one attached hydrogen (secondary N) is 1. The van der Waals surface area contributed by atoms with Gasteiger partial charge in [-0.2, -0.15) is 0 Å². The van der Waals surface area contributed by atoms with Crippen LogP contribution >= 0.6 is 11.6 Å². The number of ether oxygens (including phenoxy) is 2. The molecule has 174 valence electrons. The molecule has 0 bridgehead atoms. The number of halogens is 1. The Morgan fingerprint density at radius 2 is 1.70 bits per heavy atom. The largest absolute Gasteiger partial charge is 0.495 e. The number of amides is 1. The van der Waals surface area contributed by atoms with E-state index in [1.165, 1.54) is 25.3 Å². The summed E-state index contributed by atoms with van der Waals surface area (Å²) >= 11 is 6.22. The van der Waals surface area contributed by atoms with E-state index in [0.717, 1.165) is 15.6 Å². The van der Waals surface area contributed by atoms with Crippen molar-refractivity contribution in [3.8, 4) is 11.5 Å². The molecule has 0 saturated carbocycles. The summed E-state index contributed by atoms with van der Waals surface area (Å²) in [5, 5.41) is 2.94. The lowest BCUT2D eigenvalue weighted by Crippen LogP contribution is -2.42. The third kappa shape index (κ3) is 6.18. The van der Waals surface area contributed by atoms with Crippen molar-refractivity contribution in [2.75, 3.05) is 31.1 Å². The molecule has 0 atom stereocenters. The van der Waals surface area contributed by atoms with Gasteiger partial charge in [-0.25, -0.2) is 8.42 Å². The first-order valence-electron chi connectivity index (χ1n) is 10.2. The minimum absolute atomic E-state index is 0.0626. The third-order valence-electron chi connectivity index (χ3n) is 4.82. The number of para-hydroxylation sites is 1. The third-order valence-corrected chi connectivity index (χ3v) is 6.90. The molecule has 1 amide bonds. The molecule has 0 radical (unpaired) electrons. The Balaban J connectivity index is 1.75. The lowest BCUT2D eigenvalue weighted by Gasteiger charge is -2.24. The monoisotopic (exact) mass is 488 g/mol. The Morgan fingerprint density at radius 3 is 2.36 bits per heavy atom. The molecular weight excluding hydrogens is 464 g/mol. The van der Waals surface area contributed by atoms with Crippen LogP contribution in [0.4, 0.5) is 5.69 Å². The van der Waals surface area contributed by atoms with Crippen molar-refractivity contribution in [1.29, 1.82) is 0 Å². The number of anilines is 1. The molecule has 0 aliphatic rings. The van der Waals surface area contributed by atoms with Gasteiger partial charge in [0.1, 0.15) is 24.7 Å². The fraction of sp³-hybridized carbons (Fsp3) is 0.208. The number of carbonyl (C=O) groups excluding carboxylic acids is 1. The summed E-state index contributed by atoms with van der Waals surface area (Å²) in [7, 11) is -2.56. The lowest BCUT2D eigenvalue weighted by molar-refractivity contribution is -0.119. The van der Waals surface area contributed by atoms with E-state index in [9.17, 15) is 13.2 Å². The summed E-state index contributed by atoms with van der Waals surface area (Å²) in [5.74, 6) is 0.651. The Morgan fingerprint density at radius 1 is 1.00 bits per heavy atom. The molecule has 1 N–H and O–H groups in total. The van der Waals surface area contributed by atoms with Gasteiger partial charge in [-0.15, -0.1) is 0 Å². The molecule has 0 aliphatic carbocycles. The number of benzene rings is 3. The Bertz CT molecular complexity index is 1200. The molecule has 0 fully saturated rings. The van der Waals surface area contributed by atoms with Crippen LogP contribution in [0.25, 0.3) is 0 Å². The second kappa shape index (κ2) is 11.1. The maximum absolute atomic E-state index is 13.3. The van der Waals surface area contributed by atoms with E-state index in [4.69, 9.17) is 21.1 Å². The van der Waals surface area contributed by atoms with E-state index in [2.05, 4.69) is 5.32 Å². The SMILES string of the molecule is COc1ccc(N(CC(=O)NCCOc2ccccc2C)S(=O)(=O)c2ccccc2)cc1Cl. The first-order valence-corrected chi connectivity index (χ1v) is 12.0. The van der Waals surface area contributed by atoms with Crippen LogP contribution in [0.5, 0.6) is 11.5 Å². The van der Waals surface area contributed by atoms with E-state index < -0.39 is 22.5 Å². The predicted octanol–water partition coefficient (Wildman–Crippen LogP) is 4.05. The number of carbonyl (C=O) groups is 1. The van der Waals surface area contributed by atoms with Crippen molar-refractivity contribution in [1.82, 2.24) is 5.32 Å². The van der Waals surface area contributed by atoms with Gasteiger partial charge in [0.2, 0.25) is 5.91 Å². The summed E-state index contributed by atoms with van der Waals surface area (Å²) in [5.41, 5.74) is 1.23. The van der Waals surface area contributed by atoms with Crippen LogP contribution in [0.2, 0.25) is 5.02 Å². The highest BCUT2D eigenvalue weighted by molar-refractivity contribution is 7.92. The molecule has 3 aromatic carbocycles. The molecule has 0 spiro atoms. The normalized spacial score (nSPS) is 11.0. The first-order chi connectivity index (χ1) is 15.8. The van der Waals surface area contributed by atoms with Crippen molar-refractivity contribution in [3.63, 3.8) is 0 Å². The summed E-state index contributed by atoms with van der Waals surface area (Å²) in [6.07, 6.45) is 0. The van der Waals surface area contributed by atoms with Crippen LogP contribution < -0.4 is 19.1 Å². The van der Waals surface area contributed by atoms with E-state index in [1.807, 2.05) is 31.2 Å². The second-order valence-electron chi connectivity index (χ2n) is 7.11. The van der Waals surface area contributed by atoms with Crippen LogP contribution in [-0.4, -0.2) is 41.1 Å². The van der Waals surface area contributed by atoms with Crippen molar-refractivity contribution in [2.24, 2.45) is 0 Å². The molecule has 0 aromatic heterocycles. The summed E-state index contributed by atoms with van der Waals surface area (Å²) in [4.78, 5) is 12.7. The number of sulfonamides is 1. The highest BCUT2D eigenvalue weighted by Gasteiger charge is 2.27. The van der Waals surface area contributed by atoms with Crippen molar-refractivity contribution in [3.05, 3.63) is 83.4 Å². The maximum Gasteiger partial charge on any atom is 0.264 e. The number of methoxy groups -OCH3 is 1. The zero-order valence-electron chi connectivity index (χ0n) is 18.3. The molecule has 7 nitrogen and oxygen atoms in total. The number of nitrogens with zero attached hydrogens (tertiary/aromatic N) is 1. The minimum atomic E-state index is -4.02. The summed E-state index contributed by atoms with van der Waals surface area (Å²) in [6, 6.07) is 20.0. The van der Waals surface area contributed by atoms with Crippen LogP contribution in [-0.2, 0) is 14.8 Å².